The Balaban J connectivity index is 1.53. The maximum atomic E-state index is 12.1. The van der Waals surface area contributed by atoms with E-state index in [1.54, 1.807) is 43.5 Å². The van der Waals surface area contributed by atoms with E-state index in [4.69, 9.17) is 9.47 Å². The molecule has 1 aliphatic carbocycles. The van der Waals surface area contributed by atoms with Gasteiger partial charge in [-0.3, -0.25) is 9.59 Å². The van der Waals surface area contributed by atoms with Crippen molar-refractivity contribution in [2.24, 2.45) is 5.92 Å². The van der Waals surface area contributed by atoms with E-state index in [-0.39, 0.29) is 24.3 Å². The molecule has 2 N–H and O–H groups in total. The van der Waals surface area contributed by atoms with Gasteiger partial charge >= 0.3 is 0 Å². The number of methoxy groups -OCH3 is 1. The normalized spacial score (nSPS) is 13.4. The summed E-state index contributed by atoms with van der Waals surface area (Å²) in [5, 5.41) is 5.66. The van der Waals surface area contributed by atoms with Gasteiger partial charge in [-0.2, -0.15) is 0 Å². The van der Waals surface area contributed by atoms with Gasteiger partial charge in [-0.05, 0) is 43.2 Å². The summed E-state index contributed by atoms with van der Waals surface area (Å²) in [7, 11) is 1.55. The van der Waals surface area contributed by atoms with E-state index in [1.807, 2.05) is 12.1 Å². The Hall–Kier alpha value is -3.02. The van der Waals surface area contributed by atoms with Crippen LogP contribution in [0, 0.1) is 5.92 Å². The van der Waals surface area contributed by atoms with Crippen LogP contribution in [0.25, 0.3) is 0 Å². The second kappa shape index (κ2) is 8.38. The van der Waals surface area contributed by atoms with Crippen molar-refractivity contribution in [3.05, 3.63) is 48.5 Å². The summed E-state index contributed by atoms with van der Waals surface area (Å²) >= 11 is 0. The van der Waals surface area contributed by atoms with Crippen molar-refractivity contribution in [1.82, 2.24) is 0 Å². The molecule has 26 heavy (non-hydrogen) atoms. The summed E-state index contributed by atoms with van der Waals surface area (Å²) < 4.78 is 10.7. The predicted molar refractivity (Wildman–Crippen MR) is 99.5 cm³/mol. The molecule has 0 radical (unpaired) electrons. The first-order chi connectivity index (χ1) is 12.7. The third-order valence-corrected chi connectivity index (χ3v) is 4.32. The van der Waals surface area contributed by atoms with Gasteiger partial charge in [0.25, 0.3) is 5.91 Å². The smallest absolute Gasteiger partial charge is 0.262 e. The molecular formula is C20H22N2O4. The molecule has 2 amide bonds. The minimum atomic E-state index is -0.293. The van der Waals surface area contributed by atoms with Gasteiger partial charge in [0, 0.05) is 17.3 Å². The van der Waals surface area contributed by atoms with Crippen molar-refractivity contribution in [3.63, 3.8) is 0 Å². The van der Waals surface area contributed by atoms with Crippen LogP contribution in [0.3, 0.4) is 0 Å². The molecule has 0 spiro atoms. The summed E-state index contributed by atoms with van der Waals surface area (Å²) in [5.41, 5.74) is 1.27. The van der Waals surface area contributed by atoms with Gasteiger partial charge in [-0.25, -0.2) is 0 Å². The van der Waals surface area contributed by atoms with Gasteiger partial charge in [0.1, 0.15) is 0 Å². The molecule has 1 saturated carbocycles. The standard InChI is InChI=1S/C20H22N2O4/c1-25-17-10-2-3-11-18(17)26-13-19(23)21-15-8-5-9-16(12-15)22-20(24)14-6-4-7-14/h2-3,5,8-12,14H,4,6-7,13H2,1H3,(H,21,23)(H,22,24). The van der Waals surface area contributed by atoms with Gasteiger partial charge in [0.15, 0.2) is 18.1 Å². The third-order valence-electron chi connectivity index (χ3n) is 4.32. The molecule has 2 aromatic rings. The molecule has 1 fully saturated rings. The lowest BCUT2D eigenvalue weighted by atomic mass is 9.85. The zero-order chi connectivity index (χ0) is 18.4. The van der Waals surface area contributed by atoms with Crippen LogP contribution in [-0.2, 0) is 9.59 Å². The number of para-hydroxylation sites is 2. The fourth-order valence-corrected chi connectivity index (χ4v) is 2.67. The lowest BCUT2D eigenvalue weighted by Crippen LogP contribution is -2.28. The highest BCUT2D eigenvalue weighted by Crippen LogP contribution is 2.28. The van der Waals surface area contributed by atoms with Gasteiger partial charge in [-0.15, -0.1) is 0 Å². The number of rotatable bonds is 7. The van der Waals surface area contributed by atoms with Crippen LogP contribution in [0.2, 0.25) is 0 Å². The fourth-order valence-electron chi connectivity index (χ4n) is 2.67. The Kier molecular flexibility index (Phi) is 5.73. The van der Waals surface area contributed by atoms with E-state index < -0.39 is 0 Å². The zero-order valence-corrected chi connectivity index (χ0v) is 14.7. The van der Waals surface area contributed by atoms with Crippen molar-refractivity contribution >= 4 is 23.2 Å². The zero-order valence-electron chi connectivity index (χ0n) is 14.7. The second-order valence-corrected chi connectivity index (χ2v) is 6.19. The van der Waals surface area contributed by atoms with Crippen molar-refractivity contribution in [1.29, 1.82) is 0 Å². The molecule has 0 aliphatic heterocycles. The average molecular weight is 354 g/mol. The third kappa shape index (κ3) is 4.53. The van der Waals surface area contributed by atoms with Crippen molar-refractivity contribution < 1.29 is 19.1 Å². The van der Waals surface area contributed by atoms with E-state index in [1.165, 1.54) is 0 Å². The minimum Gasteiger partial charge on any atom is -0.493 e. The van der Waals surface area contributed by atoms with Crippen molar-refractivity contribution in [2.45, 2.75) is 19.3 Å². The van der Waals surface area contributed by atoms with Crippen LogP contribution >= 0.6 is 0 Å². The first-order valence-electron chi connectivity index (χ1n) is 8.62. The molecule has 0 aromatic heterocycles. The van der Waals surface area contributed by atoms with E-state index in [9.17, 15) is 9.59 Å². The van der Waals surface area contributed by atoms with Gasteiger partial charge < -0.3 is 20.1 Å². The van der Waals surface area contributed by atoms with E-state index in [0.29, 0.717) is 22.9 Å². The number of carbonyl (C=O) groups is 2. The van der Waals surface area contributed by atoms with Crippen LogP contribution in [0.15, 0.2) is 48.5 Å². The number of carbonyl (C=O) groups excluding carboxylic acids is 2. The second-order valence-electron chi connectivity index (χ2n) is 6.19. The molecule has 0 unspecified atom stereocenters. The minimum absolute atomic E-state index is 0.0410. The number of nitrogens with one attached hydrogen (secondary N) is 2. The van der Waals surface area contributed by atoms with Crippen LogP contribution in [0.1, 0.15) is 19.3 Å². The number of amides is 2. The maximum Gasteiger partial charge on any atom is 0.262 e. The maximum absolute atomic E-state index is 12.1. The molecule has 6 heteroatoms. The Morgan fingerprint density at radius 2 is 1.69 bits per heavy atom. The van der Waals surface area contributed by atoms with Crippen LogP contribution in [0.4, 0.5) is 11.4 Å². The van der Waals surface area contributed by atoms with Gasteiger partial charge in [-0.1, -0.05) is 24.6 Å². The topological polar surface area (TPSA) is 76.7 Å². The van der Waals surface area contributed by atoms with Crippen molar-refractivity contribution in [3.8, 4) is 11.5 Å². The van der Waals surface area contributed by atoms with Crippen molar-refractivity contribution in [2.75, 3.05) is 24.4 Å². The Labute approximate surface area is 152 Å². The molecule has 0 bridgehead atoms. The Morgan fingerprint density at radius 1 is 1.00 bits per heavy atom. The Bertz CT molecular complexity index is 787. The molecule has 0 saturated heterocycles. The highest BCUT2D eigenvalue weighted by atomic mass is 16.5. The summed E-state index contributed by atoms with van der Waals surface area (Å²) in [6, 6.07) is 14.2. The highest BCUT2D eigenvalue weighted by Gasteiger charge is 2.25. The number of ether oxygens (including phenoxy) is 2. The molecule has 6 nitrogen and oxygen atoms in total. The molecular weight excluding hydrogens is 332 g/mol. The Morgan fingerprint density at radius 3 is 2.35 bits per heavy atom. The van der Waals surface area contributed by atoms with Gasteiger partial charge in [0.2, 0.25) is 5.91 Å². The van der Waals surface area contributed by atoms with Crippen LogP contribution in [-0.4, -0.2) is 25.5 Å². The monoisotopic (exact) mass is 354 g/mol. The van der Waals surface area contributed by atoms with E-state index in [2.05, 4.69) is 10.6 Å². The van der Waals surface area contributed by atoms with E-state index >= 15 is 0 Å². The molecule has 2 aromatic carbocycles. The highest BCUT2D eigenvalue weighted by molar-refractivity contribution is 5.95. The lowest BCUT2D eigenvalue weighted by molar-refractivity contribution is -0.122. The molecule has 1 aliphatic rings. The number of hydrogen-bond acceptors (Lipinski definition) is 4. The molecule has 0 heterocycles. The first kappa shape index (κ1) is 17.8. The quantitative estimate of drug-likeness (QED) is 0.798. The average Bonchev–Trinajstić information content (AvgIpc) is 2.59. The number of anilines is 2. The van der Waals surface area contributed by atoms with Crippen LogP contribution in [0.5, 0.6) is 11.5 Å². The molecule has 3 rings (SSSR count). The van der Waals surface area contributed by atoms with Gasteiger partial charge in [0.05, 0.1) is 7.11 Å². The first-order valence-corrected chi connectivity index (χ1v) is 8.62. The van der Waals surface area contributed by atoms with Crippen LogP contribution < -0.4 is 20.1 Å². The predicted octanol–water partition coefficient (Wildman–Crippen LogP) is 3.45. The lowest BCUT2D eigenvalue weighted by Gasteiger charge is -2.24. The summed E-state index contributed by atoms with van der Waals surface area (Å²) in [5.74, 6) is 0.938. The number of hydrogen-bond donors (Lipinski definition) is 2. The summed E-state index contributed by atoms with van der Waals surface area (Å²) in [4.78, 5) is 24.1. The summed E-state index contributed by atoms with van der Waals surface area (Å²) in [6.07, 6.45) is 3.01. The fraction of sp³-hybridized carbons (Fsp3) is 0.300. The SMILES string of the molecule is COc1ccccc1OCC(=O)Nc1cccc(NC(=O)C2CCC2)c1. The number of benzene rings is 2. The largest absolute Gasteiger partial charge is 0.493 e. The summed E-state index contributed by atoms with van der Waals surface area (Å²) in [6.45, 7) is -0.140. The molecule has 0 atom stereocenters. The van der Waals surface area contributed by atoms with E-state index in [0.717, 1.165) is 19.3 Å². The molecule has 136 valence electrons.